The largest absolute Gasteiger partial charge is 0.490 e. The number of carbonyl (C=O) groups excluding carboxylic acids is 1. The van der Waals surface area contributed by atoms with E-state index in [1.54, 1.807) is 4.90 Å². The van der Waals surface area contributed by atoms with Crippen molar-refractivity contribution < 1.29 is 14.3 Å². The van der Waals surface area contributed by atoms with Crippen LogP contribution in [0.25, 0.3) is 0 Å². The van der Waals surface area contributed by atoms with Gasteiger partial charge in [0.15, 0.2) is 0 Å². The highest BCUT2D eigenvalue weighted by molar-refractivity contribution is 5.68. The van der Waals surface area contributed by atoms with Crippen LogP contribution in [0.5, 0.6) is 5.75 Å². The maximum atomic E-state index is 12.1. The molecule has 104 valence electrons. The first-order valence-electron chi connectivity index (χ1n) is 6.42. The Morgan fingerprint density at radius 3 is 2.84 bits per heavy atom. The number of hydrogen-bond acceptors (Lipinski definition) is 4. The van der Waals surface area contributed by atoms with Crippen LogP contribution in [0.2, 0.25) is 0 Å². The van der Waals surface area contributed by atoms with Crippen molar-refractivity contribution in [3.8, 4) is 5.75 Å². The SMILES string of the molecule is Cc1ccc2c(n1)CN(C(=O)OC(C)(C)C)CCO2. The molecule has 0 spiro atoms. The number of fused-ring (bicyclic) bond motifs is 1. The lowest BCUT2D eigenvalue weighted by Gasteiger charge is -2.25. The van der Waals surface area contributed by atoms with Gasteiger partial charge in [-0.15, -0.1) is 0 Å². The fourth-order valence-corrected chi connectivity index (χ4v) is 1.85. The zero-order valence-electron chi connectivity index (χ0n) is 11.9. The van der Waals surface area contributed by atoms with Crippen LogP contribution in [-0.2, 0) is 11.3 Å². The van der Waals surface area contributed by atoms with Gasteiger partial charge in [-0.25, -0.2) is 4.79 Å². The molecule has 5 nitrogen and oxygen atoms in total. The second kappa shape index (κ2) is 5.07. The highest BCUT2D eigenvalue weighted by atomic mass is 16.6. The van der Waals surface area contributed by atoms with Crippen LogP contribution in [0.1, 0.15) is 32.2 Å². The van der Waals surface area contributed by atoms with Gasteiger partial charge < -0.3 is 9.47 Å². The summed E-state index contributed by atoms with van der Waals surface area (Å²) >= 11 is 0. The van der Waals surface area contributed by atoms with Gasteiger partial charge in [0.2, 0.25) is 0 Å². The van der Waals surface area contributed by atoms with Crippen molar-refractivity contribution >= 4 is 6.09 Å². The summed E-state index contributed by atoms with van der Waals surface area (Å²) < 4.78 is 11.0. The van der Waals surface area contributed by atoms with E-state index < -0.39 is 5.60 Å². The quantitative estimate of drug-likeness (QED) is 0.722. The van der Waals surface area contributed by atoms with Crippen LogP contribution in [-0.4, -0.2) is 34.7 Å². The molecule has 19 heavy (non-hydrogen) atoms. The summed E-state index contributed by atoms with van der Waals surface area (Å²) in [6, 6.07) is 3.80. The van der Waals surface area contributed by atoms with Crippen molar-refractivity contribution in [3.63, 3.8) is 0 Å². The third kappa shape index (κ3) is 3.59. The monoisotopic (exact) mass is 264 g/mol. The highest BCUT2D eigenvalue weighted by Gasteiger charge is 2.25. The van der Waals surface area contributed by atoms with Crippen LogP contribution in [0, 0.1) is 6.92 Å². The molecule has 1 amide bonds. The smallest absolute Gasteiger partial charge is 0.410 e. The number of aryl methyl sites for hydroxylation is 1. The van der Waals surface area contributed by atoms with Gasteiger partial charge in [0, 0.05) is 5.69 Å². The van der Waals surface area contributed by atoms with Gasteiger partial charge in [0.1, 0.15) is 23.7 Å². The van der Waals surface area contributed by atoms with E-state index in [1.165, 1.54) is 0 Å². The molecule has 0 radical (unpaired) electrons. The minimum absolute atomic E-state index is 0.327. The normalized spacial score (nSPS) is 15.3. The van der Waals surface area contributed by atoms with Crippen molar-refractivity contribution in [2.45, 2.75) is 39.8 Å². The molecule has 0 aromatic carbocycles. The van der Waals surface area contributed by atoms with Crippen LogP contribution in [0.4, 0.5) is 4.79 Å². The molecule has 5 heteroatoms. The van der Waals surface area contributed by atoms with Crippen molar-refractivity contribution in [1.29, 1.82) is 0 Å². The van der Waals surface area contributed by atoms with E-state index >= 15 is 0 Å². The summed E-state index contributed by atoms with van der Waals surface area (Å²) in [6.07, 6.45) is -0.327. The minimum Gasteiger partial charge on any atom is -0.490 e. The Morgan fingerprint density at radius 2 is 2.16 bits per heavy atom. The summed E-state index contributed by atoms with van der Waals surface area (Å²) in [7, 11) is 0. The standard InChI is InChI=1S/C14H20N2O3/c1-10-5-6-12-11(15-10)9-16(7-8-18-12)13(17)19-14(2,3)4/h5-6H,7-9H2,1-4H3. The van der Waals surface area contributed by atoms with E-state index in [2.05, 4.69) is 4.98 Å². The number of aromatic nitrogens is 1. The van der Waals surface area contributed by atoms with Crippen LogP contribution < -0.4 is 4.74 Å². The third-order valence-corrected chi connectivity index (χ3v) is 2.68. The topological polar surface area (TPSA) is 51.7 Å². The predicted octanol–water partition coefficient (Wildman–Crippen LogP) is 2.52. The zero-order valence-corrected chi connectivity index (χ0v) is 11.9. The Kier molecular flexibility index (Phi) is 3.64. The summed E-state index contributed by atoms with van der Waals surface area (Å²) in [4.78, 5) is 18.1. The minimum atomic E-state index is -0.493. The van der Waals surface area contributed by atoms with Gasteiger partial charge in [-0.05, 0) is 39.8 Å². The molecular weight excluding hydrogens is 244 g/mol. The summed E-state index contributed by atoms with van der Waals surface area (Å²) in [5, 5.41) is 0. The Labute approximate surface area is 113 Å². The molecule has 1 aliphatic heterocycles. The Balaban J connectivity index is 2.15. The number of amides is 1. The second-order valence-corrected chi connectivity index (χ2v) is 5.65. The molecule has 1 aliphatic rings. The molecule has 0 bridgehead atoms. The molecular formula is C14H20N2O3. The van der Waals surface area contributed by atoms with Crippen molar-refractivity contribution in [3.05, 3.63) is 23.5 Å². The summed E-state index contributed by atoms with van der Waals surface area (Å²) in [5.41, 5.74) is 1.20. The van der Waals surface area contributed by atoms with Gasteiger partial charge in [-0.3, -0.25) is 9.88 Å². The Bertz CT molecular complexity index is 480. The van der Waals surface area contributed by atoms with Crippen molar-refractivity contribution in [1.82, 2.24) is 9.88 Å². The molecule has 0 unspecified atom stereocenters. The van der Waals surface area contributed by atoms with E-state index in [-0.39, 0.29) is 6.09 Å². The maximum Gasteiger partial charge on any atom is 0.410 e. The lowest BCUT2D eigenvalue weighted by molar-refractivity contribution is 0.0224. The Morgan fingerprint density at radius 1 is 1.42 bits per heavy atom. The van der Waals surface area contributed by atoms with E-state index in [4.69, 9.17) is 9.47 Å². The summed E-state index contributed by atoms with van der Waals surface area (Å²) in [6.45, 7) is 8.87. The molecule has 0 N–H and O–H groups in total. The zero-order chi connectivity index (χ0) is 14.0. The first kappa shape index (κ1) is 13.6. The van der Waals surface area contributed by atoms with Crippen LogP contribution in [0.3, 0.4) is 0 Å². The molecule has 0 fully saturated rings. The number of nitrogens with zero attached hydrogens (tertiary/aromatic N) is 2. The first-order chi connectivity index (χ1) is 8.85. The molecule has 0 aliphatic carbocycles. The van der Waals surface area contributed by atoms with Crippen LogP contribution in [0.15, 0.2) is 12.1 Å². The molecule has 0 atom stereocenters. The third-order valence-electron chi connectivity index (χ3n) is 2.68. The number of pyridine rings is 1. The van der Waals surface area contributed by atoms with E-state index in [0.29, 0.717) is 19.7 Å². The summed E-state index contributed by atoms with van der Waals surface area (Å²) in [5.74, 6) is 0.747. The van der Waals surface area contributed by atoms with E-state index in [1.807, 2.05) is 39.8 Å². The van der Waals surface area contributed by atoms with Gasteiger partial charge in [0.05, 0.1) is 13.1 Å². The van der Waals surface area contributed by atoms with E-state index in [0.717, 1.165) is 17.1 Å². The molecule has 0 saturated carbocycles. The van der Waals surface area contributed by atoms with Crippen LogP contribution >= 0.6 is 0 Å². The van der Waals surface area contributed by atoms with Gasteiger partial charge in [-0.1, -0.05) is 0 Å². The van der Waals surface area contributed by atoms with E-state index in [9.17, 15) is 4.79 Å². The molecule has 0 saturated heterocycles. The average molecular weight is 264 g/mol. The Hall–Kier alpha value is -1.78. The first-order valence-corrected chi connectivity index (χ1v) is 6.42. The average Bonchev–Trinajstić information content (AvgIpc) is 2.48. The van der Waals surface area contributed by atoms with Crippen molar-refractivity contribution in [2.24, 2.45) is 0 Å². The fraction of sp³-hybridized carbons (Fsp3) is 0.571. The van der Waals surface area contributed by atoms with Gasteiger partial charge >= 0.3 is 6.09 Å². The number of ether oxygens (including phenoxy) is 2. The lowest BCUT2D eigenvalue weighted by atomic mass is 10.2. The molecule has 2 rings (SSSR count). The maximum absolute atomic E-state index is 12.1. The molecule has 1 aromatic heterocycles. The number of carbonyl (C=O) groups is 1. The number of hydrogen-bond donors (Lipinski definition) is 0. The molecule has 2 heterocycles. The predicted molar refractivity (Wildman–Crippen MR) is 71.1 cm³/mol. The lowest BCUT2D eigenvalue weighted by Crippen LogP contribution is -2.37. The van der Waals surface area contributed by atoms with Gasteiger partial charge in [0.25, 0.3) is 0 Å². The van der Waals surface area contributed by atoms with Gasteiger partial charge in [-0.2, -0.15) is 0 Å². The van der Waals surface area contributed by atoms with Crippen molar-refractivity contribution in [2.75, 3.05) is 13.2 Å². The number of rotatable bonds is 0. The second-order valence-electron chi connectivity index (χ2n) is 5.65. The highest BCUT2D eigenvalue weighted by Crippen LogP contribution is 2.22. The fourth-order valence-electron chi connectivity index (χ4n) is 1.85. The molecule has 1 aromatic rings.